The molecule has 4 aromatic carbocycles. The zero-order chi connectivity index (χ0) is 40.4. The molecule has 13 heteroatoms. The average molecular weight is 788 g/mol. The summed E-state index contributed by atoms with van der Waals surface area (Å²) in [4.78, 5) is 55.8. The molecule has 8 rings (SSSR count). The van der Waals surface area contributed by atoms with Crippen molar-refractivity contribution < 1.29 is 34.1 Å². The molecule has 0 saturated carbocycles. The van der Waals surface area contributed by atoms with Gasteiger partial charge in [0.15, 0.2) is 0 Å². The normalized spacial score (nSPS) is 18.3. The molecule has 2 bridgehead atoms. The average Bonchev–Trinajstić information content (AvgIpc) is 3.25. The number of nitrogens with zero attached hydrogens (tertiary/aromatic N) is 1. The number of carbonyl (C=O) groups is 3. The number of benzene rings is 4. The Balaban J connectivity index is 0.842. The fourth-order valence-corrected chi connectivity index (χ4v) is 7.74. The molecule has 3 aliphatic rings. The van der Waals surface area contributed by atoms with Gasteiger partial charge in [-0.25, -0.2) is 9.59 Å². The molecular weight excluding hydrogens is 739 g/mol. The van der Waals surface area contributed by atoms with E-state index in [1.54, 1.807) is 54.6 Å². The van der Waals surface area contributed by atoms with E-state index in [0.29, 0.717) is 47.4 Å². The number of carbonyl (C=O) groups excluding carboxylic acids is 3. The Bertz CT molecular complexity index is 2260. The van der Waals surface area contributed by atoms with Gasteiger partial charge >= 0.3 is 12.1 Å². The maximum atomic E-state index is 13.3. The number of aliphatic hydroxyl groups excluding tert-OH is 1. The molecule has 4 heterocycles. The van der Waals surface area contributed by atoms with E-state index in [2.05, 4.69) is 25.8 Å². The third-order valence-corrected chi connectivity index (χ3v) is 11.0. The Hall–Kier alpha value is -6.02. The third kappa shape index (κ3) is 10.1. The van der Waals surface area contributed by atoms with Crippen molar-refractivity contribution in [3.63, 3.8) is 0 Å². The minimum atomic E-state index is -0.854. The van der Waals surface area contributed by atoms with Crippen molar-refractivity contribution >= 4 is 28.9 Å². The van der Waals surface area contributed by atoms with Crippen LogP contribution in [0.2, 0.25) is 0 Å². The highest BCUT2D eigenvalue weighted by molar-refractivity contribution is 5.94. The number of ether oxygens (including phenoxy) is 2. The van der Waals surface area contributed by atoms with E-state index in [-0.39, 0.29) is 48.5 Å². The van der Waals surface area contributed by atoms with Crippen LogP contribution in [0.5, 0.6) is 5.75 Å². The number of hydrogen-bond acceptors (Lipinski definition) is 10. The monoisotopic (exact) mass is 787 g/mol. The van der Waals surface area contributed by atoms with Crippen molar-refractivity contribution in [2.45, 2.75) is 50.5 Å². The number of unbranched alkanes of at least 4 members (excludes halogenated alkanes) is 1. The zero-order valence-electron chi connectivity index (χ0n) is 32.2. The molecule has 3 atom stereocenters. The van der Waals surface area contributed by atoms with Crippen LogP contribution in [0, 0.1) is 5.92 Å². The molecule has 3 saturated heterocycles. The van der Waals surface area contributed by atoms with Crippen LogP contribution >= 0.6 is 0 Å². The number of aromatic hydroxyl groups is 1. The summed E-state index contributed by atoms with van der Waals surface area (Å²) in [5.74, 6) is -0.391. The number of esters is 1. The second-order valence-electron chi connectivity index (χ2n) is 14.9. The Labute approximate surface area is 336 Å². The summed E-state index contributed by atoms with van der Waals surface area (Å²) in [5.41, 5.74) is 3.81. The highest BCUT2D eigenvalue weighted by Crippen LogP contribution is 2.31. The van der Waals surface area contributed by atoms with Crippen molar-refractivity contribution in [3.8, 4) is 5.75 Å². The minimum Gasteiger partial charge on any atom is -0.506 e. The van der Waals surface area contributed by atoms with Gasteiger partial charge in [-0.15, -0.1) is 0 Å². The fraction of sp³-hybridized carbons (Fsp3) is 0.333. The molecule has 6 N–H and O–H groups in total. The van der Waals surface area contributed by atoms with E-state index >= 15 is 0 Å². The van der Waals surface area contributed by atoms with Crippen molar-refractivity contribution in [2.24, 2.45) is 5.92 Å². The molecule has 3 unspecified atom stereocenters. The number of piperidine rings is 3. The lowest BCUT2D eigenvalue weighted by atomic mass is 9.86. The maximum Gasteiger partial charge on any atom is 0.408 e. The van der Waals surface area contributed by atoms with Crippen LogP contribution < -0.4 is 21.5 Å². The van der Waals surface area contributed by atoms with Crippen LogP contribution in [0.25, 0.3) is 10.9 Å². The SMILES string of the molecule is O=C(NC(c1ccccc1)c1cccc(C(=O)NCc2ccc(C(=O)OCCCCNCC(O)c3ccc(O)c4[nH]c(=O)ccc34)cc2)c1)OC1CN2CCC1CC2. The number of amides is 2. The van der Waals surface area contributed by atoms with Crippen molar-refractivity contribution in [3.05, 3.63) is 147 Å². The van der Waals surface area contributed by atoms with Crippen molar-refractivity contribution in [1.29, 1.82) is 0 Å². The molecule has 0 spiro atoms. The molecule has 58 heavy (non-hydrogen) atoms. The zero-order valence-corrected chi connectivity index (χ0v) is 32.2. The largest absolute Gasteiger partial charge is 0.506 e. The quantitative estimate of drug-likeness (QED) is 0.0565. The van der Waals surface area contributed by atoms with E-state index in [9.17, 15) is 29.4 Å². The molecule has 13 nitrogen and oxygen atoms in total. The van der Waals surface area contributed by atoms with Crippen LogP contribution in [-0.4, -0.2) is 83.5 Å². The van der Waals surface area contributed by atoms with Gasteiger partial charge in [-0.2, -0.15) is 0 Å². The molecule has 0 radical (unpaired) electrons. The van der Waals surface area contributed by atoms with Crippen LogP contribution in [0.15, 0.2) is 108 Å². The number of hydrogen-bond donors (Lipinski definition) is 6. The second kappa shape index (κ2) is 18.9. The number of aromatic nitrogens is 1. The maximum absolute atomic E-state index is 13.3. The third-order valence-electron chi connectivity index (χ3n) is 11.0. The van der Waals surface area contributed by atoms with Crippen molar-refractivity contribution in [2.75, 3.05) is 39.3 Å². The van der Waals surface area contributed by atoms with E-state index in [1.807, 2.05) is 36.4 Å². The Morgan fingerprint density at radius 2 is 1.64 bits per heavy atom. The minimum absolute atomic E-state index is 0.0624. The Kier molecular flexibility index (Phi) is 13.1. The van der Waals surface area contributed by atoms with E-state index in [1.165, 1.54) is 12.1 Å². The molecule has 0 aliphatic carbocycles. The van der Waals surface area contributed by atoms with Gasteiger partial charge in [0.1, 0.15) is 11.9 Å². The van der Waals surface area contributed by atoms with Gasteiger partial charge in [-0.1, -0.05) is 60.7 Å². The Morgan fingerprint density at radius 3 is 2.40 bits per heavy atom. The number of phenolic OH excluding ortho intramolecular Hbond substituents is 1. The van der Waals surface area contributed by atoms with Gasteiger partial charge in [-0.3, -0.25) is 14.5 Å². The summed E-state index contributed by atoms with van der Waals surface area (Å²) < 4.78 is 11.4. The predicted octanol–water partition coefficient (Wildman–Crippen LogP) is 5.33. The first-order chi connectivity index (χ1) is 28.2. The lowest BCUT2D eigenvalue weighted by Crippen LogP contribution is -2.52. The molecule has 5 aromatic rings. The van der Waals surface area contributed by atoms with Gasteiger partial charge in [0.2, 0.25) is 5.56 Å². The van der Waals surface area contributed by atoms with Gasteiger partial charge in [0.05, 0.1) is 29.8 Å². The van der Waals surface area contributed by atoms with E-state index in [4.69, 9.17) is 9.47 Å². The standard InChI is InChI=1S/C45H49N5O8/c51-37-17-15-35(36-16-18-40(53)48-42(36)37)38(52)27-46-21-4-5-24-57-44(55)32-13-11-29(12-14-32)26-47-43(54)34-10-6-9-33(25-34)41(31-7-2-1-3-8-31)49-45(56)58-39-28-50-22-19-30(39)20-23-50/h1-3,6-18,25,30,38-39,41,46,51-52H,4-5,19-24,26-28H2,(H,47,54)(H,48,53)(H,49,56). The first-order valence-electron chi connectivity index (χ1n) is 19.8. The molecule has 3 fully saturated rings. The highest BCUT2D eigenvalue weighted by atomic mass is 16.6. The summed E-state index contributed by atoms with van der Waals surface area (Å²) in [7, 11) is 0. The fourth-order valence-electron chi connectivity index (χ4n) is 7.74. The summed E-state index contributed by atoms with van der Waals surface area (Å²) in [6.07, 6.45) is 1.96. The number of aromatic amines is 1. The summed E-state index contributed by atoms with van der Waals surface area (Å²) in [5, 5.41) is 30.6. The van der Waals surface area contributed by atoms with E-state index in [0.717, 1.165) is 49.2 Å². The molecule has 2 amide bonds. The molecular formula is C45H49N5O8. The number of rotatable bonds is 16. The number of pyridine rings is 1. The predicted molar refractivity (Wildman–Crippen MR) is 218 cm³/mol. The van der Waals surface area contributed by atoms with Gasteiger partial charge in [0, 0.05) is 36.7 Å². The second-order valence-corrected chi connectivity index (χ2v) is 14.9. The topological polar surface area (TPSA) is 182 Å². The summed E-state index contributed by atoms with van der Waals surface area (Å²) >= 11 is 0. The molecule has 302 valence electrons. The van der Waals surface area contributed by atoms with Crippen LogP contribution in [0.4, 0.5) is 4.79 Å². The first kappa shape index (κ1) is 40.2. The number of aliphatic hydroxyl groups is 1. The summed E-state index contributed by atoms with van der Waals surface area (Å²) in [6.45, 7) is 4.21. The molecule has 1 aromatic heterocycles. The molecule has 3 aliphatic heterocycles. The number of fused-ring (bicyclic) bond motifs is 4. The van der Waals surface area contributed by atoms with Gasteiger partial charge < -0.3 is 40.6 Å². The van der Waals surface area contributed by atoms with Gasteiger partial charge in [-0.05, 0) is 110 Å². The van der Waals surface area contributed by atoms with Crippen LogP contribution in [-0.2, 0) is 16.0 Å². The number of alkyl carbamates (subject to hydrolysis) is 1. The number of phenols is 1. The van der Waals surface area contributed by atoms with Gasteiger partial charge in [0.25, 0.3) is 5.91 Å². The number of H-pyrrole nitrogens is 1. The lowest BCUT2D eigenvalue weighted by Gasteiger charge is -2.43. The Morgan fingerprint density at radius 1 is 0.862 bits per heavy atom. The highest BCUT2D eigenvalue weighted by Gasteiger charge is 2.37. The number of nitrogens with one attached hydrogen (secondary N) is 4. The van der Waals surface area contributed by atoms with Crippen LogP contribution in [0.3, 0.4) is 0 Å². The lowest BCUT2D eigenvalue weighted by molar-refractivity contribution is -0.0336. The summed E-state index contributed by atoms with van der Waals surface area (Å²) in [6, 6.07) is 29.2. The van der Waals surface area contributed by atoms with Crippen LogP contribution in [0.1, 0.15) is 80.8 Å². The van der Waals surface area contributed by atoms with E-state index < -0.39 is 24.2 Å². The van der Waals surface area contributed by atoms with Crippen molar-refractivity contribution in [1.82, 2.24) is 25.8 Å². The first-order valence-corrected chi connectivity index (χ1v) is 19.8. The smallest absolute Gasteiger partial charge is 0.408 e.